The van der Waals surface area contributed by atoms with Gasteiger partial charge < -0.3 is 15.1 Å². The van der Waals surface area contributed by atoms with E-state index in [2.05, 4.69) is 15.6 Å². The number of amides is 1. The summed E-state index contributed by atoms with van der Waals surface area (Å²) < 4.78 is 18.9. The number of anilines is 1. The SMILES string of the molecule is O=C1N[C@@H](c2cc3cc(F)ccc3o2)Nc2ncccc21. The van der Waals surface area contributed by atoms with Gasteiger partial charge in [0.05, 0.1) is 5.56 Å². The third-order valence-corrected chi connectivity index (χ3v) is 3.39. The second-order valence-electron chi connectivity index (χ2n) is 4.78. The van der Waals surface area contributed by atoms with Crippen molar-refractivity contribution in [2.45, 2.75) is 6.17 Å². The third kappa shape index (κ3) is 1.92. The van der Waals surface area contributed by atoms with E-state index < -0.39 is 6.17 Å². The fraction of sp³-hybridized carbons (Fsp3) is 0.0667. The molecule has 0 radical (unpaired) electrons. The van der Waals surface area contributed by atoms with E-state index in [-0.39, 0.29) is 11.7 Å². The minimum absolute atomic E-state index is 0.228. The van der Waals surface area contributed by atoms with Crippen LogP contribution in [0.1, 0.15) is 22.3 Å². The number of rotatable bonds is 1. The molecule has 1 aliphatic rings. The summed E-state index contributed by atoms with van der Waals surface area (Å²) in [5.74, 6) is 0.439. The first-order valence-corrected chi connectivity index (χ1v) is 6.42. The molecule has 0 saturated carbocycles. The molecule has 0 aliphatic carbocycles. The van der Waals surface area contributed by atoms with Gasteiger partial charge in [0, 0.05) is 11.6 Å². The predicted octanol–water partition coefficient (Wildman–Crippen LogP) is 2.82. The number of furan rings is 1. The number of carbonyl (C=O) groups is 1. The lowest BCUT2D eigenvalue weighted by Gasteiger charge is -2.25. The lowest BCUT2D eigenvalue weighted by molar-refractivity contribution is 0.0930. The summed E-state index contributed by atoms with van der Waals surface area (Å²) in [6, 6.07) is 9.37. The van der Waals surface area contributed by atoms with Gasteiger partial charge >= 0.3 is 0 Å². The Morgan fingerprint density at radius 3 is 3.00 bits per heavy atom. The van der Waals surface area contributed by atoms with Crippen LogP contribution in [-0.4, -0.2) is 10.9 Å². The van der Waals surface area contributed by atoms with Gasteiger partial charge in [0.15, 0.2) is 6.17 Å². The lowest BCUT2D eigenvalue weighted by Crippen LogP contribution is -2.38. The zero-order valence-corrected chi connectivity index (χ0v) is 10.8. The Morgan fingerprint density at radius 1 is 1.19 bits per heavy atom. The van der Waals surface area contributed by atoms with Crippen molar-refractivity contribution in [1.29, 1.82) is 0 Å². The van der Waals surface area contributed by atoms with Crippen LogP contribution in [0.15, 0.2) is 47.0 Å². The summed E-state index contributed by atoms with van der Waals surface area (Å²) in [6.45, 7) is 0. The number of pyridine rings is 1. The maximum Gasteiger partial charge on any atom is 0.256 e. The van der Waals surface area contributed by atoms with Gasteiger partial charge in [-0.1, -0.05) is 0 Å². The van der Waals surface area contributed by atoms with Gasteiger partial charge in [-0.25, -0.2) is 9.37 Å². The zero-order valence-electron chi connectivity index (χ0n) is 10.8. The normalized spacial score (nSPS) is 17.2. The Hall–Kier alpha value is -2.89. The highest BCUT2D eigenvalue weighted by Crippen LogP contribution is 2.28. The first-order chi connectivity index (χ1) is 10.2. The highest BCUT2D eigenvalue weighted by Gasteiger charge is 2.27. The van der Waals surface area contributed by atoms with E-state index in [1.165, 1.54) is 12.1 Å². The van der Waals surface area contributed by atoms with Gasteiger partial charge in [0.1, 0.15) is 23.0 Å². The molecule has 4 rings (SSSR count). The highest BCUT2D eigenvalue weighted by molar-refractivity contribution is 6.00. The molecule has 5 nitrogen and oxygen atoms in total. The molecule has 3 aromatic rings. The summed E-state index contributed by atoms with van der Waals surface area (Å²) >= 11 is 0. The summed E-state index contributed by atoms with van der Waals surface area (Å²) in [6.07, 6.45) is 1.07. The number of carbonyl (C=O) groups excluding carboxylic acids is 1. The largest absolute Gasteiger partial charge is 0.457 e. The van der Waals surface area contributed by atoms with E-state index in [1.54, 1.807) is 30.5 Å². The molecule has 1 aromatic carbocycles. The molecular weight excluding hydrogens is 273 g/mol. The summed E-state index contributed by atoms with van der Waals surface area (Å²) in [7, 11) is 0. The maximum absolute atomic E-state index is 13.2. The molecule has 1 atom stereocenters. The highest BCUT2D eigenvalue weighted by atomic mass is 19.1. The molecule has 0 saturated heterocycles. The summed E-state index contributed by atoms with van der Waals surface area (Å²) in [4.78, 5) is 16.2. The van der Waals surface area contributed by atoms with Crippen LogP contribution in [-0.2, 0) is 0 Å². The molecule has 2 aromatic heterocycles. The van der Waals surface area contributed by atoms with Crippen LogP contribution in [0, 0.1) is 5.82 Å². The second kappa shape index (κ2) is 4.31. The molecule has 2 N–H and O–H groups in total. The topological polar surface area (TPSA) is 67.2 Å². The predicted molar refractivity (Wildman–Crippen MR) is 74.2 cm³/mol. The van der Waals surface area contributed by atoms with Crippen LogP contribution < -0.4 is 10.6 Å². The molecule has 0 spiro atoms. The van der Waals surface area contributed by atoms with E-state index in [1.807, 2.05) is 0 Å². The van der Waals surface area contributed by atoms with Gasteiger partial charge in [-0.05, 0) is 36.4 Å². The van der Waals surface area contributed by atoms with Crippen LogP contribution in [0.5, 0.6) is 0 Å². The van der Waals surface area contributed by atoms with E-state index in [0.717, 1.165) is 0 Å². The third-order valence-electron chi connectivity index (χ3n) is 3.39. The van der Waals surface area contributed by atoms with Crippen molar-refractivity contribution < 1.29 is 13.6 Å². The van der Waals surface area contributed by atoms with Crippen molar-refractivity contribution >= 4 is 22.7 Å². The van der Waals surface area contributed by atoms with Crippen molar-refractivity contribution in [1.82, 2.24) is 10.3 Å². The second-order valence-corrected chi connectivity index (χ2v) is 4.78. The number of nitrogens with zero attached hydrogens (tertiary/aromatic N) is 1. The average molecular weight is 283 g/mol. The Morgan fingerprint density at radius 2 is 2.10 bits per heavy atom. The standard InChI is InChI=1S/C15H10FN3O2/c16-9-3-4-11-8(6-9)7-12(21-11)14-18-13-10(15(20)19-14)2-1-5-17-13/h1-7,14H,(H,17,18)(H,19,20)/t14-/m0/s1. The van der Waals surface area contributed by atoms with Gasteiger partial charge in [0.25, 0.3) is 5.91 Å². The molecule has 21 heavy (non-hydrogen) atoms. The number of hydrogen-bond acceptors (Lipinski definition) is 4. The van der Waals surface area contributed by atoms with Gasteiger partial charge in [-0.2, -0.15) is 0 Å². The van der Waals surface area contributed by atoms with E-state index in [0.29, 0.717) is 28.1 Å². The van der Waals surface area contributed by atoms with Crippen molar-refractivity contribution in [3.8, 4) is 0 Å². The smallest absolute Gasteiger partial charge is 0.256 e. The minimum Gasteiger partial charge on any atom is -0.457 e. The summed E-state index contributed by atoms with van der Waals surface area (Å²) in [5, 5.41) is 6.52. The fourth-order valence-electron chi connectivity index (χ4n) is 2.40. The van der Waals surface area contributed by atoms with E-state index in [9.17, 15) is 9.18 Å². The average Bonchev–Trinajstić information content (AvgIpc) is 2.90. The Kier molecular flexibility index (Phi) is 2.44. The lowest BCUT2D eigenvalue weighted by atomic mass is 10.1. The molecule has 0 unspecified atom stereocenters. The Balaban J connectivity index is 1.75. The van der Waals surface area contributed by atoms with Gasteiger partial charge in [-0.3, -0.25) is 4.79 Å². The van der Waals surface area contributed by atoms with Crippen molar-refractivity contribution in [3.05, 3.63) is 59.7 Å². The van der Waals surface area contributed by atoms with Crippen LogP contribution in [0.2, 0.25) is 0 Å². The first-order valence-electron chi connectivity index (χ1n) is 6.42. The number of nitrogens with one attached hydrogen (secondary N) is 2. The molecule has 1 aliphatic heterocycles. The Bertz CT molecular complexity index is 859. The number of fused-ring (bicyclic) bond motifs is 2. The maximum atomic E-state index is 13.2. The first kappa shape index (κ1) is 11.9. The minimum atomic E-state index is -0.532. The number of halogens is 1. The molecule has 0 fully saturated rings. The zero-order chi connectivity index (χ0) is 14.4. The monoisotopic (exact) mass is 283 g/mol. The van der Waals surface area contributed by atoms with Crippen LogP contribution >= 0.6 is 0 Å². The Labute approximate surface area is 118 Å². The molecule has 1 amide bonds. The van der Waals surface area contributed by atoms with Crippen LogP contribution in [0.4, 0.5) is 10.2 Å². The van der Waals surface area contributed by atoms with Gasteiger partial charge in [0.2, 0.25) is 0 Å². The van der Waals surface area contributed by atoms with Gasteiger partial charge in [-0.15, -0.1) is 0 Å². The molecular formula is C15H10FN3O2. The number of benzene rings is 1. The van der Waals surface area contributed by atoms with E-state index in [4.69, 9.17) is 4.42 Å². The fourth-order valence-corrected chi connectivity index (χ4v) is 2.40. The number of aromatic nitrogens is 1. The van der Waals surface area contributed by atoms with E-state index >= 15 is 0 Å². The van der Waals surface area contributed by atoms with Crippen molar-refractivity contribution in [2.24, 2.45) is 0 Å². The number of hydrogen-bond donors (Lipinski definition) is 2. The summed E-state index contributed by atoms with van der Waals surface area (Å²) in [5.41, 5.74) is 1.05. The van der Waals surface area contributed by atoms with Crippen molar-refractivity contribution in [2.75, 3.05) is 5.32 Å². The van der Waals surface area contributed by atoms with Crippen LogP contribution in [0.25, 0.3) is 11.0 Å². The van der Waals surface area contributed by atoms with Crippen molar-refractivity contribution in [3.63, 3.8) is 0 Å². The molecule has 6 heteroatoms. The molecule has 0 bridgehead atoms. The van der Waals surface area contributed by atoms with Crippen LogP contribution in [0.3, 0.4) is 0 Å². The molecule has 3 heterocycles. The quantitative estimate of drug-likeness (QED) is 0.720. The molecule has 104 valence electrons.